The predicted octanol–water partition coefficient (Wildman–Crippen LogP) is 2.20. The number of carbonyl (C=O) groups excluding carboxylic acids is 1. The molecule has 3 N–H and O–H groups in total. The van der Waals surface area contributed by atoms with E-state index in [2.05, 4.69) is 10.3 Å². The summed E-state index contributed by atoms with van der Waals surface area (Å²) >= 11 is 0. The van der Waals surface area contributed by atoms with E-state index >= 15 is 0 Å². The van der Waals surface area contributed by atoms with Crippen molar-refractivity contribution in [1.29, 1.82) is 0 Å². The highest BCUT2D eigenvalue weighted by Gasteiger charge is 2.28. The zero-order valence-electron chi connectivity index (χ0n) is 11.1. The van der Waals surface area contributed by atoms with Crippen molar-refractivity contribution in [2.24, 2.45) is 5.73 Å². The first kappa shape index (κ1) is 16.9. The van der Waals surface area contributed by atoms with Gasteiger partial charge in [0.25, 0.3) is 0 Å². The Balaban J connectivity index is 0.00000289. The van der Waals surface area contributed by atoms with Crippen LogP contribution in [0, 0.1) is 0 Å². The van der Waals surface area contributed by atoms with Gasteiger partial charge in [0.15, 0.2) is 0 Å². The number of amides is 1. The number of hydrogen-bond donors (Lipinski definition) is 2. The van der Waals surface area contributed by atoms with Crippen LogP contribution in [0.15, 0.2) is 24.5 Å². The van der Waals surface area contributed by atoms with E-state index in [1.165, 1.54) is 0 Å². The van der Waals surface area contributed by atoms with Gasteiger partial charge in [0, 0.05) is 12.4 Å². The Labute approximate surface area is 115 Å². The number of aromatic nitrogens is 1. The number of halogens is 1. The third-order valence-electron chi connectivity index (χ3n) is 2.82. The number of hydrogen-bond acceptors (Lipinski definition) is 3. The lowest BCUT2D eigenvalue weighted by atomic mass is 9.96. The minimum Gasteiger partial charge on any atom is -0.348 e. The van der Waals surface area contributed by atoms with Gasteiger partial charge >= 0.3 is 0 Å². The zero-order valence-corrected chi connectivity index (χ0v) is 12.0. The normalized spacial score (nSPS) is 15.1. The van der Waals surface area contributed by atoms with Gasteiger partial charge in [-0.15, -0.1) is 12.4 Å². The van der Waals surface area contributed by atoms with Crippen molar-refractivity contribution >= 4 is 18.3 Å². The van der Waals surface area contributed by atoms with Crippen LogP contribution in [-0.4, -0.2) is 16.4 Å². The van der Waals surface area contributed by atoms with Gasteiger partial charge in [-0.2, -0.15) is 0 Å². The fraction of sp³-hybridized carbons (Fsp3) is 0.538. The van der Waals surface area contributed by atoms with Crippen molar-refractivity contribution in [2.75, 3.05) is 0 Å². The van der Waals surface area contributed by atoms with Crippen molar-refractivity contribution in [2.45, 2.75) is 45.2 Å². The number of nitrogens with zero attached hydrogens (tertiary/aromatic N) is 1. The number of carbonyl (C=O) groups is 1. The Morgan fingerprint density at radius 3 is 2.78 bits per heavy atom. The molecule has 2 atom stereocenters. The Bertz CT molecular complexity index is 368. The standard InChI is InChI=1S/C13H21N3O.ClH/c1-4-7-13(3,14)12(17)16-10(2)11-6-5-8-15-9-11;/h5-6,8-10H,4,7,14H2,1-3H3,(H,16,17);1H. The maximum Gasteiger partial charge on any atom is 0.240 e. The summed E-state index contributed by atoms with van der Waals surface area (Å²) in [6.45, 7) is 5.71. The fourth-order valence-corrected chi connectivity index (χ4v) is 1.71. The molecular formula is C13H22ClN3O. The lowest BCUT2D eigenvalue weighted by Crippen LogP contribution is -2.52. The highest BCUT2D eigenvalue weighted by molar-refractivity contribution is 5.86. The molecule has 0 aliphatic carbocycles. The SMILES string of the molecule is CCCC(C)(N)C(=O)NC(C)c1cccnc1.Cl. The lowest BCUT2D eigenvalue weighted by Gasteiger charge is -2.25. The Morgan fingerprint density at radius 2 is 2.28 bits per heavy atom. The number of rotatable bonds is 5. The summed E-state index contributed by atoms with van der Waals surface area (Å²) in [5, 5.41) is 2.92. The molecule has 0 bridgehead atoms. The monoisotopic (exact) mass is 271 g/mol. The first-order valence-electron chi connectivity index (χ1n) is 5.97. The molecule has 5 heteroatoms. The molecule has 4 nitrogen and oxygen atoms in total. The molecule has 2 unspecified atom stereocenters. The van der Waals surface area contributed by atoms with Crippen LogP contribution < -0.4 is 11.1 Å². The molecule has 1 aromatic rings. The summed E-state index contributed by atoms with van der Waals surface area (Å²) in [6.07, 6.45) is 5.03. The van der Waals surface area contributed by atoms with Gasteiger partial charge in [-0.25, -0.2) is 0 Å². The molecule has 1 amide bonds. The van der Waals surface area contributed by atoms with Gasteiger partial charge in [0.05, 0.1) is 11.6 Å². The predicted molar refractivity (Wildman–Crippen MR) is 75.5 cm³/mol. The lowest BCUT2D eigenvalue weighted by molar-refractivity contribution is -0.126. The molecule has 0 aromatic carbocycles. The smallest absolute Gasteiger partial charge is 0.240 e. The highest BCUT2D eigenvalue weighted by atomic mass is 35.5. The van der Waals surface area contributed by atoms with Crippen LogP contribution in [0.25, 0.3) is 0 Å². The van der Waals surface area contributed by atoms with Crippen LogP contribution in [0.1, 0.15) is 45.2 Å². The van der Waals surface area contributed by atoms with Crippen LogP contribution in [0.5, 0.6) is 0 Å². The first-order valence-corrected chi connectivity index (χ1v) is 5.97. The van der Waals surface area contributed by atoms with Crippen LogP contribution in [0.2, 0.25) is 0 Å². The van der Waals surface area contributed by atoms with Crippen molar-refractivity contribution in [3.05, 3.63) is 30.1 Å². The second-order valence-electron chi connectivity index (χ2n) is 4.65. The Kier molecular flexibility index (Phi) is 6.88. The minimum absolute atomic E-state index is 0. The Morgan fingerprint density at radius 1 is 1.61 bits per heavy atom. The maximum atomic E-state index is 12.0. The van der Waals surface area contributed by atoms with Crippen LogP contribution in [0.4, 0.5) is 0 Å². The van der Waals surface area contributed by atoms with E-state index in [4.69, 9.17) is 5.73 Å². The summed E-state index contributed by atoms with van der Waals surface area (Å²) in [5.41, 5.74) is 6.15. The summed E-state index contributed by atoms with van der Waals surface area (Å²) in [5.74, 6) is -0.115. The molecule has 0 radical (unpaired) electrons. The maximum absolute atomic E-state index is 12.0. The van der Waals surface area contributed by atoms with Crippen molar-refractivity contribution in [3.8, 4) is 0 Å². The van der Waals surface area contributed by atoms with E-state index in [1.807, 2.05) is 26.0 Å². The van der Waals surface area contributed by atoms with Gasteiger partial charge in [0.1, 0.15) is 0 Å². The van der Waals surface area contributed by atoms with Crippen LogP contribution in [-0.2, 0) is 4.79 Å². The Hall–Kier alpha value is -1.13. The number of nitrogens with one attached hydrogen (secondary N) is 1. The van der Waals surface area contributed by atoms with Gasteiger partial charge in [-0.1, -0.05) is 19.4 Å². The number of nitrogens with two attached hydrogens (primary N) is 1. The molecule has 0 aliphatic heterocycles. The van der Waals surface area contributed by atoms with E-state index < -0.39 is 5.54 Å². The molecule has 0 spiro atoms. The summed E-state index contributed by atoms with van der Waals surface area (Å²) in [7, 11) is 0. The molecule has 0 saturated carbocycles. The second kappa shape index (κ2) is 7.34. The molecular weight excluding hydrogens is 250 g/mol. The van der Waals surface area contributed by atoms with Gasteiger partial charge in [-0.3, -0.25) is 9.78 Å². The third kappa shape index (κ3) is 4.63. The van der Waals surface area contributed by atoms with E-state index in [0.29, 0.717) is 6.42 Å². The molecule has 0 saturated heterocycles. The van der Waals surface area contributed by atoms with E-state index in [-0.39, 0.29) is 24.4 Å². The topological polar surface area (TPSA) is 68.0 Å². The van der Waals surface area contributed by atoms with Crippen LogP contribution >= 0.6 is 12.4 Å². The average Bonchev–Trinajstić information content (AvgIpc) is 2.30. The van der Waals surface area contributed by atoms with Gasteiger partial charge in [0.2, 0.25) is 5.91 Å². The average molecular weight is 272 g/mol. The van der Waals surface area contributed by atoms with E-state index in [0.717, 1.165) is 12.0 Å². The van der Waals surface area contributed by atoms with E-state index in [1.54, 1.807) is 19.3 Å². The molecule has 0 fully saturated rings. The van der Waals surface area contributed by atoms with Crippen molar-refractivity contribution in [3.63, 3.8) is 0 Å². The molecule has 102 valence electrons. The first-order chi connectivity index (χ1) is 7.97. The molecule has 1 aromatic heterocycles. The zero-order chi connectivity index (χ0) is 12.9. The highest BCUT2D eigenvalue weighted by Crippen LogP contribution is 2.14. The number of pyridine rings is 1. The fourth-order valence-electron chi connectivity index (χ4n) is 1.71. The van der Waals surface area contributed by atoms with Crippen molar-refractivity contribution in [1.82, 2.24) is 10.3 Å². The van der Waals surface area contributed by atoms with Gasteiger partial charge in [-0.05, 0) is 31.9 Å². The molecule has 1 rings (SSSR count). The molecule has 18 heavy (non-hydrogen) atoms. The quantitative estimate of drug-likeness (QED) is 0.863. The summed E-state index contributed by atoms with van der Waals surface area (Å²) < 4.78 is 0. The third-order valence-corrected chi connectivity index (χ3v) is 2.82. The van der Waals surface area contributed by atoms with Crippen molar-refractivity contribution < 1.29 is 4.79 Å². The summed E-state index contributed by atoms with van der Waals surface area (Å²) in [6, 6.07) is 3.72. The minimum atomic E-state index is -0.800. The van der Waals surface area contributed by atoms with E-state index in [9.17, 15) is 4.79 Å². The molecule has 0 aliphatic rings. The second-order valence-corrected chi connectivity index (χ2v) is 4.65. The molecule has 1 heterocycles. The summed E-state index contributed by atoms with van der Waals surface area (Å²) in [4.78, 5) is 16.0. The van der Waals surface area contributed by atoms with Gasteiger partial charge < -0.3 is 11.1 Å². The van der Waals surface area contributed by atoms with Crippen LogP contribution in [0.3, 0.4) is 0 Å². The largest absolute Gasteiger partial charge is 0.348 e.